The summed E-state index contributed by atoms with van der Waals surface area (Å²) < 4.78 is 9.06. The summed E-state index contributed by atoms with van der Waals surface area (Å²) in [6, 6.07) is 0.321. The molecule has 0 aliphatic carbocycles. The number of halogens is 1. The lowest BCUT2D eigenvalue weighted by molar-refractivity contribution is 0.0935. The highest BCUT2D eigenvalue weighted by Gasteiger charge is 2.25. The largest absolute Gasteiger partial charge is 0.378 e. The van der Waals surface area contributed by atoms with E-state index in [0.29, 0.717) is 12.1 Å². The van der Waals surface area contributed by atoms with Crippen molar-refractivity contribution in [2.75, 3.05) is 13.2 Å². The van der Waals surface area contributed by atoms with Crippen LogP contribution in [0.5, 0.6) is 0 Å². The molecule has 1 aliphatic heterocycles. The lowest BCUT2D eigenvalue weighted by Crippen LogP contribution is -2.28. The average molecular weight is 344 g/mol. The van der Waals surface area contributed by atoms with Gasteiger partial charge in [-0.25, -0.2) is 0 Å². The molecule has 20 heavy (non-hydrogen) atoms. The number of aromatic nitrogens is 2. The Bertz CT molecular complexity index is 402. The smallest absolute Gasteiger partial charge is 0.0696 e. The lowest BCUT2D eigenvalue weighted by atomic mass is 10.0. The number of rotatable bonds is 8. The maximum absolute atomic E-state index is 5.82. The van der Waals surface area contributed by atoms with Crippen LogP contribution in [0, 0.1) is 0 Å². The summed E-state index contributed by atoms with van der Waals surface area (Å²) in [6.07, 6.45) is 7.96. The predicted octanol–water partition coefficient (Wildman–Crippen LogP) is 3.67. The van der Waals surface area contributed by atoms with Crippen LogP contribution in [0.2, 0.25) is 0 Å². The van der Waals surface area contributed by atoms with Gasteiger partial charge in [-0.3, -0.25) is 4.68 Å². The second-order valence-corrected chi connectivity index (χ2v) is 6.33. The van der Waals surface area contributed by atoms with E-state index >= 15 is 0 Å². The van der Waals surface area contributed by atoms with Crippen LogP contribution >= 0.6 is 15.9 Å². The molecule has 4 nitrogen and oxygen atoms in total. The molecule has 114 valence electrons. The minimum atomic E-state index is 0.321. The molecular weight excluding hydrogens is 318 g/mol. The topological polar surface area (TPSA) is 39.1 Å². The molecule has 1 saturated heterocycles. The molecule has 0 amide bonds. The van der Waals surface area contributed by atoms with Crippen molar-refractivity contribution < 1.29 is 4.74 Å². The van der Waals surface area contributed by atoms with Crippen molar-refractivity contribution in [1.29, 1.82) is 0 Å². The maximum Gasteiger partial charge on any atom is 0.0696 e. The molecule has 0 bridgehead atoms. The third kappa shape index (κ3) is 4.06. The van der Waals surface area contributed by atoms with E-state index in [0.717, 1.165) is 43.4 Å². The highest BCUT2D eigenvalue weighted by molar-refractivity contribution is 9.10. The Labute approximate surface area is 130 Å². The Morgan fingerprint density at radius 2 is 2.35 bits per heavy atom. The Kier molecular flexibility index (Phi) is 6.52. The molecule has 0 radical (unpaired) electrons. The fraction of sp³-hybridized carbons (Fsp3) is 0.800. The lowest BCUT2D eigenvalue weighted by Gasteiger charge is -2.23. The van der Waals surface area contributed by atoms with Gasteiger partial charge >= 0.3 is 0 Å². The molecule has 2 unspecified atom stereocenters. The van der Waals surface area contributed by atoms with Crippen molar-refractivity contribution in [3.05, 3.63) is 16.4 Å². The van der Waals surface area contributed by atoms with Gasteiger partial charge in [0.15, 0.2) is 0 Å². The summed E-state index contributed by atoms with van der Waals surface area (Å²) in [4.78, 5) is 0. The zero-order chi connectivity index (χ0) is 14.4. The molecule has 0 aromatic carbocycles. The third-order valence-electron chi connectivity index (χ3n) is 3.76. The number of hydrogen-bond acceptors (Lipinski definition) is 3. The van der Waals surface area contributed by atoms with Gasteiger partial charge in [0.1, 0.15) is 0 Å². The number of hydrogen-bond donors (Lipinski definition) is 1. The van der Waals surface area contributed by atoms with E-state index in [2.05, 4.69) is 44.9 Å². The van der Waals surface area contributed by atoms with Gasteiger partial charge in [0, 0.05) is 13.2 Å². The molecule has 1 aromatic rings. The second-order valence-electron chi connectivity index (χ2n) is 5.48. The molecule has 5 heteroatoms. The zero-order valence-corrected chi connectivity index (χ0v) is 14.2. The Morgan fingerprint density at radius 3 is 3.00 bits per heavy atom. The average Bonchev–Trinajstić information content (AvgIpc) is 3.06. The summed E-state index contributed by atoms with van der Waals surface area (Å²) >= 11 is 3.66. The third-order valence-corrected chi connectivity index (χ3v) is 4.37. The van der Waals surface area contributed by atoms with Gasteiger partial charge in [0.2, 0.25) is 0 Å². The molecule has 0 saturated carbocycles. The summed E-state index contributed by atoms with van der Waals surface area (Å²) in [5.41, 5.74) is 1.27. The van der Waals surface area contributed by atoms with Gasteiger partial charge in [-0.05, 0) is 54.6 Å². The highest BCUT2D eigenvalue weighted by atomic mass is 79.9. The van der Waals surface area contributed by atoms with Gasteiger partial charge < -0.3 is 10.1 Å². The van der Waals surface area contributed by atoms with Crippen molar-refractivity contribution >= 4 is 15.9 Å². The van der Waals surface area contributed by atoms with E-state index in [1.54, 1.807) is 0 Å². The Morgan fingerprint density at radius 1 is 1.50 bits per heavy atom. The summed E-state index contributed by atoms with van der Waals surface area (Å²) in [6.45, 7) is 7.31. The van der Waals surface area contributed by atoms with Crippen LogP contribution in [0.15, 0.2) is 10.7 Å². The SMILES string of the molecule is CCCNC(CC1CCCO1)c1c(Br)cnn1CCC. The zero-order valence-electron chi connectivity index (χ0n) is 12.6. The maximum atomic E-state index is 5.82. The van der Waals surface area contributed by atoms with Crippen molar-refractivity contribution in [3.8, 4) is 0 Å². The normalized spacial score (nSPS) is 20.4. The van der Waals surface area contributed by atoms with Crippen molar-refractivity contribution in [3.63, 3.8) is 0 Å². The van der Waals surface area contributed by atoms with Gasteiger partial charge in [-0.1, -0.05) is 13.8 Å². The first-order chi connectivity index (χ1) is 9.76. The number of ether oxygens (including phenoxy) is 1. The number of aryl methyl sites for hydroxylation is 1. The first-order valence-electron chi connectivity index (χ1n) is 7.82. The monoisotopic (exact) mass is 343 g/mol. The molecule has 2 rings (SSSR count). The molecule has 0 spiro atoms. The Balaban J connectivity index is 2.13. The van der Waals surface area contributed by atoms with E-state index in [9.17, 15) is 0 Å². The fourth-order valence-electron chi connectivity index (χ4n) is 2.81. The van der Waals surface area contributed by atoms with Crippen LogP contribution in [0.3, 0.4) is 0 Å². The summed E-state index contributed by atoms with van der Waals surface area (Å²) in [5.74, 6) is 0. The van der Waals surface area contributed by atoms with Crippen LogP contribution in [-0.2, 0) is 11.3 Å². The van der Waals surface area contributed by atoms with E-state index in [1.807, 2.05) is 6.20 Å². The fourth-order valence-corrected chi connectivity index (χ4v) is 3.38. The minimum absolute atomic E-state index is 0.321. The molecule has 2 atom stereocenters. The minimum Gasteiger partial charge on any atom is -0.378 e. The molecule has 1 aliphatic rings. The number of nitrogens with zero attached hydrogens (tertiary/aromatic N) is 2. The van der Waals surface area contributed by atoms with Gasteiger partial charge in [-0.15, -0.1) is 0 Å². The molecular formula is C15H26BrN3O. The van der Waals surface area contributed by atoms with E-state index < -0.39 is 0 Å². The summed E-state index contributed by atoms with van der Waals surface area (Å²) in [5, 5.41) is 8.17. The van der Waals surface area contributed by atoms with E-state index in [1.165, 1.54) is 18.5 Å². The Hall–Kier alpha value is -0.390. The number of nitrogens with one attached hydrogen (secondary N) is 1. The van der Waals surface area contributed by atoms with Crippen LogP contribution in [0.1, 0.15) is 57.7 Å². The van der Waals surface area contributed by atoms with E-state index in [-0.39, 0.29) is 0 Å². The van der Waals surface area contributed by atoms with Gasteiger partial charge in [0.25, 0.3) is 0 Å². The van der Waals surface area contributed by atoms with Crippen LogP contribution in [0.25, 0.3) is 0 Å². The molecule has 1 N–H and O–H groups in total. The van der Waals surface area contributed by atoms with Crippen molar-refractivity contribution in [2.24, 2.45) is 0 Å². The predicted molar refractivity (Wildman–Crippen MR) is 84.8 cm³/mol. The first kappa shape index (κ1) is 16.0. The summed E-state index contributed by atoms with van der Waals surface area (Å²) in [7, 11) is 0. The standard InChI is InChI=1S/C15H26BrN3O/c1-3-7-17-14(10-12-6-5-9-20-12)15-13(16)11-18-19(15)8-4-2/h11-12,14,17H,3-10H2,1-2H3. The molecule has 2 heterocycles. The molecule has 1 aromatic heterocycles. The van der Waals surface area contributed by atoms with Crippen molar-refractivity contribution in [2.45, 2.75) is 64.6 Å². The highest BCUT2D eigenvalue weighted by Crippen LogP contribution is 2.30. The van der Waals surface area contributed by atoms with E-state index in [4.69, 9.17) is 4.74 Å². The quantitative estimate of drug-likeness (QED) is 0.782. The second kappa shape index (κ2) is 8.15. The van der Waals surface area contributed by atoms with Crippen LogP contribution < -0.4 is 5.32 Å². The van der Waals surface area contributed by atoms with Crippen molar-refractivity contribution in [1.82, 2.24) is 15.1 Å². The van der Waals surface area contributed by atoms with Gasteiger partial charge in [0.05, 0.1) is 28.5 Å². The van der Waals surface area contributed by atoms with Crippen LogP contribution in [0.4, 0.5) is 0 Å². The van der Waals surface area contributed by atoms with Crippen LogP contribution in [-0.4, -0.2) is 29.0 Å². The van der Waals surface area contributed by atoms with Gasteiger partial charge in [-0.2, -0.15) is 5.10 Å². The first-order valence-corrected chi connectivity index (χ1v) is 8.61. The molecule has 1 fully saturated rings.